The van der Waals surface area contributed by atoms with Gasteiger partial charge in [-0.15, -0.1) is 0 Å². The largest absolute Gasteiger partial charge is 0.478 e. The molecule has 0 atom stereocenters. The van der Waals surface area contributed by atoms with Crippen molar-refractivity contribution in [1.82, 2.24) is 0 Å². The van der Waals surface area contributed by atoms with E-state index >= 15 is 0 Å². The summed E-state index contributed by atoms with van der Waals surface area (Å²) in [7, 11) is 0. The number of carboxylic acids is 1. The molecule has 1 heterocycles. The van der Waals surface area contributed by atoms with Crippen molar-refractivity contribution < 1.29 is 23.8 Å². The molecule has 1 aliphatic carbocycles. The third-order valence-electron chi connectivity index (χ3n) is 5.51. The number of rotatable bonds is 7. The number of fused-ring (bicyclic) bond motifs is 2. The molecular weight excluding hydrogens is 432 g/mol. The highest BCUT2D eigenvalue weighted by Gasteiger charge is 2.21. The zero-order valence-corrected chi connectivity index (χ0v) is 18.1. The zero-order chi connectivity index (χ0) is 23.5. The Kier molecular flexibility index (Phi) is 5.81. The van der Waals surface area contributed by atoms with Gasteiger partial charge in [-0.1, -0.05) is 48.5 Å². The molecule has 168 valence electrons. The Bertz CT molecular complexity index is 1500. The highest BCUT2D eigenvalue weighted by Crippen LogP contribution is 2.41. The first-order valence-electron chi connectivity index (χ1n) is 10.7. The molecule has 2 aliphatic rings. The van der Waals surface area contributed by atoms with Crippen LogP contribution in [0.4, 0.5) is 0 Å². The first-order valence-corrected chi connectivity index (χ1v) is 10.7. The predicted molar refractivity (Wildman–Crippen MR) is 128 cm³/mol. The van der Waals surface area contributed by atoms with E-state index < -0.39 is 5.97 Å². The molecule has 0 spiro atoms. The molecule has 0 aromatic heterocycles. The second-order valence-corrected chi connectivity index (χ2v) is 7.74. The summed E-state index contributed by atoms with van der Waals surface area (Å²) < 4.78 is 17.4. The topological polar surface area (TPSA) is 86.0 Å². The number of hydrogen-bond acceptors (Lipinski definition) is 5. The van der Waals surface area contributed by atoms with Crippen LogP contribution < -0.4 is 10.2 Å². The van der Waals surface area contributed by atoms with Gasteiger partial charge in [-0.05, 0) is 41.5 Å². The van der Waals surface area contributed by atoms with E-state index in [1.165, 1.54) is 12.1 Å². The molecule has 0 bridgehead atoms. The van der Waals surface area contributed by atoms with E-state index in [0.29, 0.717) is 45.8 Å². The van der Waals surface area contributed by atoms with Gasteiger partial charge in [0.1, 0.15) is 17.1 Å². The van der Waals surface area contributed by atoms with E-state index in [1.807, 2.05) is 36.4 Å². The molecule has 5 rings (SSSR count). The van der Waals surface area contributed by atoms with Gasteiger partial charge in [-0.2, -0.15) is 0 Å². The number of carbonyl (C=O) groups is 1. The summed E-state index contributed by atoms with van der Waals surface area (Å²) in [5, 5.41) is 10.5. The van der Waals surface area contributed by atoms with Gasteiger partial charge in [0.25, 0.3) is 0 Å². The van der Waals surface area contributed by atoms with E-state index in [9.17, 15) is 14.7 Å². The molecule has 0 radical (unpaired) electrons. The number of ether oxygens (including phenoxy) is 2. The fourth-order valence-corrected chi connectivity index (χ4v) is 3.96. The average Bonchev–Trinajstić information content (AvgIpc) is 2.85. The maximum Gasteiger partial charge on any atom is 0.336 e. The Balaban J connectivity index is 1.54. The van der Waals surface area contributed by atoms with Crippen molar-refractivity contribution in [2.75, 3.05) is 6.79 Å². The lowest BCUT2D eigenvalue weighted by molar-refractivity contribution is 0.00509. The van der Waals surface area contributed by atoms with Crippen LogP contribution in [0.2, 0.25) is 0 Å². The van der Waals surface area contributed by atoms with Crippen LogP contribution in [0, 0.1) is 0 Å². The molecule has 0 unspecified atom stereocenters. The van der Waals surface area contributed by atoms with Gasteiger partial charge in [0.15, 0.2) is 12.2 Å². The van der Waals surface area contributed by atoms with E-state index in [0.717, 1.165) is 5.56 Å². The highest BCUT2D eigenvalue weighted by molar-refractivity contribution is 6.07. The van der Waals surface area contributed by atoms with Crippen LogP contribution in [-0.2, 0) is 11.3 Å². The zero-order valence-electron chi connectivity index (χ0n) is 18.1. The van der Waals surface area contributed by atoms with Crippen molar-refractivity contribution in [3.63, 3.8) is 0 Å². The summed E-state index contributed by atoms with van der Waals surface area (Å²) >= 11 is 0. The summed E-state index contributed by atoms with van der Waals surface area (Å²) in [4.78, 5) is 23.9. The van der Waals surface area contributed by atoms with E-state index in [4.69, 9.17) is 13.9 Å². The molecule has 1 N–H and O–H groups in total. The van der Waals surface area contributed by atoms with E-state index in [-0.39, 0.29) is 17.8 Å². The highest BCUT2D eigenvalue weighted by atomic mass is 16.7. The maximum absolute atomic E-state index is 12.0. The van der Waals surface area contributed by atoms with Crippen molar-refractivity contribution in [3.8, 4) is 28.2 Å². The molecular formula is C28H20O6. The lowest BCUT2D eigenvalue weighted by Crippen LogP contribution is -2.04. The quantitative estimate of drug-likeness (QED) is 0.190. The molecule has 3 aromatic rings. The van der Waals surface area contributed by atoms with Gasteiger partial charge in [0.05, 0.1) is 12.2 Å². The van der Waals surface area contributed by atoms with Crippen molar-refractivity contribution >= 4 is 16.9 Å². The van der Waals surface area contributed by atoms with Gasteiger partial charge < -0.3 is 19.0 Å². The second kappa shape index (κ2) is 9.21. The third-order valence-corrected chi connectivity index (χ3v) is 5.51. The first kappa shape index (κ1) is 21.4. The van der Waals surface area contributed by atoms with Gasteiger partial charge in [-0.25, -0.2) is 4.79 Å². The number of aromatic carboxylic acids is 1. The van der Waals surface area contributed by atoms with Gasteiger partial charge in [-0.3, -0.25) is 4.79 Å². The van der Waals surface area contributed by atoms with Crippen molar-refractivity contribution in [2.45, 2.75) is 6.61 Å². The second-order valence-electron chi connectivity index (χ2n) is 7.74. The fourth-order valence-electron chi connectivity index (χ4n) is 3.96. The minimum absolute atomic E-state index is 0.0490. The van der Waals surface area contributed by atoms with Crippen molar-refractivity contribution in [2.24, 2.45) is 0 Å². The number of carboxylic acid groups (broad SMARTS) is 1. The Morgan fingerprint density at radius 1 is 0.853 bits per heavy atom. The van der Waals surface area contributed by atoms with E-state index in [2.05, 4.69) is 0 Å². The Labute approximate surface area is 195 Å². The average molecular weight is 452 g/mol. The lowest BCUT2D eigenvalue weighted by Gasteiger charge is -2.17. The molecule has 6 heteroatoms. The van der Waals surface area contributed by atoms with Crippen LogP contribution in [0.25, 0.3) is 33.4 Å². The number of hydrogen-bond donors (Lipinski definition) is 1. The van der Waals surface area contributed by atoms with Crippen molar-refractivity contribution in [1.29, 1.82) is 0 Å². The first-order chi connectivity index (χ1) is 16.6. The summed E-state index contributed by atoms with van der Waals surface area (Å²) in [5.74, 6) is -0.138. The lowest BCUT2D eigenvalue weighted by atomic mass is 9.91. The minimum atomic E-state index is -1.03. The van der Waals surface area contributed by atoms with Crippen LogP contribution in [0.1, 0.15) is 15.9 Å². The van der Waals surface area contributed by atoms with Crippen LogP contribution in [0.5, 0.6) is 5.75 Å². The normalized spacial score (nSPS) is 11.1. The van der Waals surface area contributed by atoms with Crippen LogP contribution in [-0.4, -0.2) is 17.9 Å². The minimum Gasteiger partial charge on any atom is -0.478 e. The van der Waals surface area contributed by atoms with Crippen molar-refractivity contribution in [3.05, 3.63) is 112 Å². The van der Waals surface area contributed by atoms with Crippen LogP contribution >= 0.6 is 0 Å². The summed E-state index contributed by atoms with van der Waals surface area (Å²) in [6, 6.07) is 26.4. The Hall–Kier alpha value is -4.42. The molecule has 1 aliphatic heterocycles. The SMILES string of the molecule is O=C(O)c1ccccc1-c1c2ccc(=O)cc-2oc2cc(OCOCc3ccccc3)ccc12. The Morgan fingerprint density at radius 2 is 1.65 bits per heavy atom. The molecule has 0 saturated carbocycles. The van der Waals surface area contributed by atoms with Gasteiger partial charge >= 0.3 is 5.97 Å². The summed E-state index contributed by atoms with van der Waals surface area (Å²) in [6.45, 7) is 0.471. The third kappa shape index (κ3) is 4.27. The molecule has 0 fully saturated rings. The molecule has 0 amide bonds. The van der Waals surface area contributed by atoms with Gasteiger partial charge in [0.2, 0.25) is 0 Å². The predicted octanol–water partition coefficient (Wildman–Crippen LogP) is 5.82. The fraction of sp³-hybridized carbons (Fsp3) is 0.0714. The maximum atomic E-state index is 12.0. The van der Waals surface area contributed by atoms with E-state index in [1.54, 1.807) is 42.5 Å². The molecule has 6 nitrogen and oxygen atoms in total. The van der Waals surface area contributed by atoms with Gasteiger partial charge in [0, 0.05) is 28.6 Å². The number of benzene rings is 4. The molecule has 3 aromatic carbocycles. The molecule has 0 saturated heterocycles. The Morgan fingerprint density at radius 3 is 2.47 bits per heavy atom. The monoisotopic (exact) mass is 452 g/mol. The van der Waals surface area contributed by atoms with Crippen LogP contribution in [0.15, 0.2) is 100 Å². The summed E-state index contributed by atoms with van der Waals surface area (Å²) in [5.41, 5.74) is 3.35. The van der Waals surface area contributed by atoms with Crippen LogP contribution in [0.3, 0.4) is 0 Å². The summed E-state index contributed by atoms with van der Waals surface area (Å²) in [6.07, 6.45) is 0. The standard InChI is InChI=1S/C28H20O6/c29-19-10-12-23-25(14-19)34-26-15-20(33-17-32-16-18-6-2-1-3-7-18)11-13-24(26)27(23)21-8-4-5-9-22(21)28(30)31/h1-15H,16-17H2,(H,30,31). The smallest absolute Gasteiger partial charge is 0.336 e. The molecule has 34 heavy (non-hydrogen) atoms.